The highest BCUT2D eigenvalue weighted by molar-refractivity contribution is 9.10. The lowest BCUT2D eigenvalue weighted by Crippen LogP contribution is -2.42. The van der Waals surface area contributed by atoms with Gasteiger partial charge in [-0.2, -0.15) is 0 Å². The van der Waals surface area contributed by atoms with E-state index < -0.39 is 0 Å². The number of hydrogen-bond donors (Lipinski definition) is 2. The molecule has 2 amide bonds. The molecule has 0 atom stereocenters. The molecule has 1 aromatic carbocycles. The van der Waals surface area contributed by atoms with Gasteiger partial charge in [0.1, 0.15) is 5.69 Å². The number of carbonyl (C=O) groups is 2. The fourth-order valence-electron chi connectivity index (χ4n) is 1.93. The molecule has 0 fully saturated rings. The third-order valence-corrected chi connectivity index (χ3v) is 3.55. The Hall–Kier alpha value is -2.28. The summed E-state index contributed by atoms with van der Waals surface area (Å²) in [4.78, 5) is 26.0. The zero-order valence-corrected chi connectivity index (χ0v) is 14.1. The van der Waals surface area contributed by atoms with E-state index in [2.05, 4.69) is 26.8 Å². The number of carbonyl (C=O) groups excluding carboxylic acids is 2. The van der Waals surface area contributed by atoms with Crippen LogP contribution in [0.5, 0.6) is 0 Å². The molecule has 0 aliphatic carbocycles. The van der Waals surface area contributed by atoms with Crippen LogP contribution in [-0.2, 0) is 7.05 Å². The van der Waals surface area contributed by atoms with Crippen LogP contribution in [0.4, 0.5) is 5.69 Å². The topological polar surface area (TPSA) is 66.4 Å². The van der Waals surface area contributed by atoms with Gasteiger partial charge in [0.2, 0.25) is 0 Å². The first kappa shape index (κ1) is 16.1. The Morgan fingerprint density at radius 2 is 1.82 bits per heavy atom. The number of nitrogens with one attached hydrogen (secondary N) is 2. The lowest BCUT2D eigenvalue weighted by Gasteiger charge is -2.13. The number of aryl methyl sites for hydroxylation is 1. The number of benzene rings is 1. The van der Waals surface area contributed by atoms with E-state index in [-0.39, 0.29) is 11.8 Å². The maximum absolute atomic E-state index is 12.1. The van der Waals surface area contributed by atoms with Crippen molar-refractivity contribution in [3.63, 3.8) is 0 Å². The minimum absolute atomic E-state index is 0.370. The predicted octanol–water partition coefficient (Wildman–Crippen LogP) is 1.93. The van der Waals surface area contributed by atoms with Crippen LogP contribution in [0.25, 0.3) is 0 Å². The van der Waals surface area contributed by atoms with E-state index in [1.165, 1.54) is 0 Å². The average Bonchev–Trinajstić information content (AvgIpc) is 2.83. The molecule has 0 saturated heterocycles. The normalized spacial score (nSPS) is 10.2. The average molecular weight is 365 g/mol. The van der Waals surface area contributed by atoms with E-state index in [9.17, 15) is 9.59 Å². The summed E-state index contributed by atoms with van der Waals surface area (Å²) in [6.07, 6.45) is 1.76. The molecule has 1 aromatic heterocycles. The fraction of sp³-hybridized carbons (Fsp3) is 0.200. The highest BCUT2D eigenvalue weighted by Crippen LogP contribution is 2.14. The van der Waals surface area contributed by atoms with E-state index in [0.29, 0.717) is 11.3 Å². The zero-order valence-electron chi connectivity index (χ0n) is 12.6. The number of aromatic nitrogens is 1. The Labute approximate surface area is 137 Å². The van der Waals surface area contributed by atoms with E-state index in [1.54, 1.807) is 42.1 Å². The van der Waals surface area contributed by atoms with Gasteiger partial charge >= 0.3 is 0 Å². The van der Waals surface area contributed by atoms with Gasteiger partial charge in [-0.1, -0.05) is 6.07 Å². The highest BCUT2D eigenvalue weighted by atomic mass is 79.9. The summed E-state index contributed by atoms with van der Waals surface area (Å²) < 4.78 is 2.46. The molecule has 6 nitrogen and oxygen atoms in total. The van der Waals surface area contributed by atoms with E-state index >= 15 is 0 Å². The first-order chi connectivity index (χ1) is 10.4. The number of rotatable bonds is 3. The van der Waals surface area contributed by atoms with Crippen molar-refractivity contribution in [3.05, 3.63) is 52.3 Å². The molecule has 1 heterocycles. The van der Waals surface area contributed by atoms with Crippen LogP contribution in [0.2, 0.25) is 0 Å². The minimum atomic E-state index is -0.384. The molecule has 7 heteroatoms. The van der Waals surface area contributed by atoms with E-state index in [4.69, 9.17) is 0 Å². The molecule has 2 N–H and O–H groups in total. The summed E-state index contributed by atoms with van der Waals surface area (Å²) in [5.74, 6) is -0.754. The predicted molar refractivity (Wildman–Crippen MR) is 88.8 cm³/mol. The van der Waals surface area contributed by atoms with Crippen molar-refractivity contribution in [2.75, 3.05) is 19.0 Å². The molecule has 0 aliphatic heterocycles. The maximum Gasteiger partial charge on any atom is 0.286 e. The van der Waals surface area contributed by atoms with Crippen molar-refractivity contribution < 1.29 is 9.59 Å². The Balaban J connectivity index is 2.02. The Kier molecular flexibility index (Phi) is 4.87. The molecule has 0 spiro atoms. The second-order valence-electron chi connectivity index (χ2n) is 5.01. The quantitative estimate of drug-likeness (QED) is 0.817. The SMILES string of the molecule is CN(C)c1cccc(C(=O)NNC(=O)c2cc(Br)cn2C)c1. The van der Waals surface area contributed by atoms with Crippen molar-refractivity contribution >= 4 is 33.4 Å². The number of nitrogens with zero attached hydrogens (tertiary/aromatic N) is 2. The van der Waals surface area contributed by atoms with E-state index in [1.807, 2.05) is 25.1 Å². The summed E-state index contributed by atoms with van der Waals surface area (Å²) in [6.45, 7) is 0. The van der Waals surface area contributed by atoms with E-state index in [0.717, 1.165) is 10.2 Å². The van der Waals surface area contributed by atoms with Gasteiger partial charge in [0.25, 0.3) is 11.8 Å². The Morgan fingerprint density at radius 3 is 2.41 bits per heavy atom. The van der Waals surface area contributed by atoms with Crippen molar-refractivity contribution in [1.82, 2.24) is 15.4 Å². The van der Waals surface area contributed by atoms with Gasteiger partial charge in [-0.25, -0.2) is 0 Å². The number of halogens is 1. The molecule has 0 unspecified atom stereocenters. The third-order valence-electron chi connectivity index (χ3n) is 3.12. The van der Waals surface area contributed by atoms with Gasteiger partial charge in [-0.15, -0.1) is 0 Å². The smallest absolute Gasteiger partial charge is 0.286 e. The molecule has 0 saturated carbocycles. The van der Waals surface area contributed by atoms with Crippen molar-refractivity contribution in [1.29, 1.82) is 0 Å². The van der Waals surface area contributed by atoms with Crippen LogP contribution in [0.15, 0.2) is 41.0 Å². The number of hydrazine groups is 1. The third kappa shape index (κ3) is 3.67. The molecular formula is C15H17BrN4O2. The van der Waals surface area contributed by atoms with Crippen LogP contribution in [-0.4, -0.2) is 30.5 Å². The largest absolute Gasteiger partial charge is 0.378 e. The molecule has 0 bridgehead atoms. The van der Waals surface area contributed by atoms with Gasteiger partial charge in [-0.3, -0.25) is 20.4 Å². The standard InChI is InChI=1S/C15H17BrN4O2/c1-19(2)12-6-4-5-10(7-12)14(21)17-18-15(22)13-8-11(16)9-20(13)3/h4-9H,1-3H3,(H,17,21)(H,18,22). The van der Waals surface area contributed by atoms with Crippen LogP contribution in [0, 0.1) is 0 Å². The lowest BCUT2D eigenvalue weighted by atomic mass is 10.2. The maximum atomic E-state index is 12.1. The Morgan fingerprint density at radius 1 is 1.14 bits per heavy atom. The van der Waals surface area contributed by atoms with Gasteiger partial charge in [0, 0.05) is 43.1 Å². The first-order valence-electron chi connectivity index (χ1n) is 6.58. The monoisotopic (exact) mass is 364 g/mol. The summed E-state index contributed by atoms with van der Waals surface area (Å²) in [5, 5.41) is 0. The van der Waals surface area contributed by atoms with Gasteiger partial charge in [0.05, 0.1) is 0 Å². The van der Waals surface area contributed by atoms with Crippen LogP contribution >= 0.6 is 15.9 Å². The zero-order chi connectivity index (χ0) is 16.3. The van der Waals surface area contributed by atoms with Gasteiger partial charge in [-0.05, 0) is 40.2 Å². The summed E-state index contributed by atoms with van der Waals surface area (Å²) >= 11 is 3.30. The highest BCUT2D eigenvalue weighted by Gasteiger charge is 2.13. The minimum Gasteiger partial charge on any atom is -0.378 e. The second-order valence-corrected chi connectivity index (χ2v) is 5.92. The van der Waals surface area contributed by atoms with Crippen LogP contribution < -0.4 is 15.8 Å². The Bertz CT molecular complexity index is 709. The van der Waals surface area contributed by atoms with Gasteiger partial charge < -0.3 is 9.47 Å². The molecule has 22 heavy (non-hydrogen) atoms. The number of anilines is 1. The molecule has 2 aromatic rings. The molecule has 0 radical (unpaired) electrons. The number of amides is 2. The second kappa shape index (κ2) is 6.65. The first-order valence-corrected chi connectivity index (χ1v) is 7.37. The van der Waals surface area contributed by atoms with Crippen molar-refractivity contribution in [2.45, 2.75) is 0 Å². The lowest BCUT2D eigenvalue weighted by molar-refractivity contribution is 0.0842. The summed E-state index contributed by atoms with van der Waals surface area (Å²) in [5.41, 5.74) is 6.64. The summed E-state index contributed by atoms with van der Waals surface area (Å²) in [7, 11) is 5.54. The fourth-order valence-corrected chi connectivity index (χ4v) is 2.45. The van der Waals surface area contributed by atoms with Gasteiger partial charge in [0.15, 0.2) is 0 Å². The molecule has 0 aliphatic rings. The van der Waals surface area contributed by atoms with Crippen LogP contribution in [0.1, 0.15) is 20.8 Å². The molecule has 2 rings (SSSR count). The van der Waals surface area contributed by atoms with Crippen molar-refractivity contribution in [3.8, 4) is 0 Å². The molecule has 116 valence electrons. The number of hydrogen-bond acceptors (Lipinski definition) is 3. The summed E-state index contributed by atoms with van der Waals surface area (Å²) in [6, 6.07) is 8.81. The molecular weight excluding hydrogens is 348 g/mol. The van der Waals surface area contributed by atoms with Crippen molar-refractivity contribution in [2.24, 2.45) is 7.05 Å². The van der Waals surface area contributed by atoms with Crippen LogP contribution in [0.3, 0.4) is 0 Å².